The molecule has 0 amide bonds. The van der Waals surface area contributed by atoms with Crippen LogP contribution in [0.5, 0.6) is 0 Å². The van der Waals surface area contributed by atoms with Crippen molar-refractivity contribution in [2.75, 3.05) is 39.3 Å². The number of nitrogens with one attached hydrogen (secondary N) is 1. The van der Waals surface area contributed by atoms with E-state index in [4.69, 9.17) is 9.52 Å². The molecule has 1 aromatic carbocycles. The number of guanidine groups is 1. The molecule has 8 nitrogen and oxygen atoms in total. The van der Waals surface area contributed by atoms with Crippen LogP contribution in [0.1, 0.15) is 37.9 Å². The lowest BCUT2D eigenvalue weighted by Crippen LogP contribution is -2.54. The summed E-state index contributed by atoms with van der Waals surface area (Å²) in [5, 5.41) is 7.10. The molecule has 1 fully saturated rings. The number of rotatable bonds is 8. The van der Waals surface area contributed by atoms with Crippen LogP contribution in [-0.4, -0.2) is 68.0 Å². The van der Waals surface area contributed by atoms with Gasteiger partial charge in [-0.1, -0.05) is 49.3 Å². The van der Waals surface area contributed by atoms with E-state index in [1.807, 2.05) is 13.0 Å². The van der Waals surface area contributed by atoms with Crippen molar-refractivity contribution >= 4 is 16.0 Å². The van der Waals surface area contributed by atoms with Crippen molar-refractivity contribution in [2.24, 2.45) is 10.9 Å². The number of hydrogen-bond acceptors (Lipinski definition) is 5. The average Bonchev–Trinajstić information content (AvgIpc) is 3.26. The van der Waals surface area contributed by atoms with Gasteiger partial charge in [0.25, 0.3) is 0 Å². The van der Waals surface area contributed by atoms with Gasteiger partial charge < -0.3 is 14.7 Å². The quantitative estimate of drug-likeness (QED) is 0.494. The molecule has 2 heterocycles. The van der Waals surface area contributed by atoms with Crippen molar-refractivity contribution in [3.63, 3.8) is 0 Å². The summed E-state index contributed by atoms with van der Waals surface area (Å²) in [4.78, 5) is 7.07. The first-order valence-corrected chi connectivity index (χ1v) is 12.5. The van der Waals surface area contributed by atoms with Crippen LogP contribution in [0.4, 0.5) is 0 Å². The predicted octanol–water partition coefficient (Wildman–Crippen LogP) is 2.53. The summed E-state index contributed by atoms with van der Waals surface area (Å²) < 4.78 is 31.6. The molecule has 1 aliphatic heterocycles. The molecule has 1 N–H and O–H groups in total. The molecule has 0 aliphatic carbocycles. The number of nitrogens with zero attached hydrogens (tertiary/aromatic N) is 4. The van der Waals surface area contributed by atoms with Crippen molar-refractivity contribution in [1.29, 1.82) is 0 Å². The highest BCUT2D eigenvalue weighted by Crippen LogP contribution is 2.24. The van der Waals surface area contributed by atoms with Gasteiger partial charge in [-0.15, -0.1) is 0 Å². The zero-order valence-electron chi connectivity index (χ0n) is 18.6. The van der Waals surface area contributed by atoms with E-state index in [0.29, 0.717) is 50.3 Å². The van der Waals surface area contributed by atoms with Gasteiger partial charge in [-0.25, -0.2) is 8.42 Å². The maximum atomic E-state index is 12.7. The standard InChI is InChI=1S/C22H33N5O3S/c1-4-23-22(24-16-21(18(2)3)19-8-6-5-7-9-19)26-11-13-27(14-12-26)31(28,29)17-20-10-15-30-25-20/h5-10,15,18,21H,4,11-14,16-17H2,1-3H3,(H,23,24). The lowest BCUT2D eigenvalue weighted by atomic mass is 9.88. The third-order valence-electron chi connectivity index (χ3n) is 5.56. The third kappa shape index (κ3) is 6.30. The van der Waals surface area contributed by atoms with Crippen molar-refractivity contribution < 1.29 is 12.9 Å². The van der Waals surface area contributed by atoms with Crippen molar-refractivity contribution in [3.05, 3.63) is 53.9 Å². The molecule has 2 aromatic rings. The van der Waals surface area contributed by atoms with Crippen molar-refractivity contribution in [2.45, 2.75) is 32.4 Å². The van der Waals surface area contributed by atoms with Crippen LogP contribution in [0.25, 0.3) is 0 Å². The Balaban J connectivity index is 1.64. The van der Waals surface area contributed by atoms with Gasteiger partial charge in [0.05, 0.1) is 5.69 Å². The van der Waals surface area contributed by atoms with Crippen LogP contribution in [0, 0.1) is 5.92 Å². The normalized spacial score (nSPS) is 17.2. The molecule has 1 saturated heterocycles. The number of hydrogen-bond donors (Lipinski definition) is 1. The van der Waals surface area contributed by atoms with Gasteiger partial charge in [0.15, 0.2) is 5.96 Å². The van der Waals surface area contributed by atoms with E-state index in [1.54, 1.807) is 6.07 Å². The van der Waals surface area contributed by atoms with Gasteiger partial charge in [-0.05, 0) is 18.4 Å². The molecular weight excluding hydrogens is 414 g/mol. The molecule has 31 heavy (non-hydrogen) atoms. The van der Waals surface area contributed by atoms with Crippen LogP contribution in [0.2, 0.25) is 0 Å². The van der Waals surface area contributed by atoms with Gasteiger partial charge in [-0.3, -0.25) is 4.99 Å². The number of benzene rings is 1. The average molecular weight is 448 g/mol. The molecule has 170 valence electrons. The Hall–Kier alpha value is -2.39. The summed E-state index contributed by atoms with van der Waals surface area (Å²) in [6, 6.07) is 12.1. The summed E-state index contributed by atoms with van der Waals surface area (Å²) in [6.45, 7) is 10.00. The first-order valence-electron chi connectivity index (χ1n) is 10.9. The second-order valence-electron chi connectivity index (χ2n) is 8.09. The summed E-state index contributed by atoms with van der Waals surface area (Å²) in [6.07, 6.45) is 1.39. The second kappa shape index (κ2) is 10.8. The van der Waals surface area contributed by atoms with E-state index >= 15 is 0 Å². The van der Waals surface area contributed by atoms with Crippen LogP contribution in [0.3, 0.4) is 0 Å². The highest BCUT2D eigenvalue weighted by molar-refractivity contribution is 7.88. The first kappa shape index (κ1) is 23.3. The minimum Gasteiger partial charge on any atom is -0.364 e. The molecule has 0 radical (unpaired) electrons. The Kier molecular flexibility index (Phi) is 8.09. The fraction of sp³-hybridized carbons (Fsp3) is 0.545. The fourth-order valence-electron chi connectivity index (χ4n) is 3.78. The Morgan fingerprint density at radius 2 is 1.87 bits per heavy atom. The first-order chi connectivity index (χ1) is 14.9. The minimum absolute atomic E-state index is 0.134. The highest BCUT2D eigenvalue weighted by Gasteiger charge is 2.29. The minimum atomic E-state index is -3.42. The van der Waals surface area contributed by atoms with Crippen LogP contribution in [0.15, 0.2) is 52.2 Å². The lowest BCUT2D eigenvalue weighted by molar-refractivity contribution is 0.259. The zero-order valence-corrected chi connectivity index (χ0v) is 19.4. The van der Waals surface area contributed by atoms with Gasteiger partial charge >= 0.3 is 0 Å². The largest absolute Gasteiger partial charge is 0.364 e. The molecule has 1 unspecified atom stereocenters. The van der Waals surface area contributed by atoms with E-state index in [9.17, 15) is 8.42 Å². The highest BCUT2D eigenvalue weighted by atomic mass is 32.2. The van der Waals surface area contributed by atoms with Crippen LogP contribution >= 0.6 is 0 Å². The number of aliphatic imine (C=N–C) groups is 1. The van der Waals surface area contributed by atoms with Gasteiger partial charge in [0.2, 0.25) is 10.0 Å². The summed E-state index contributed by atoms with van der Waals surface area (Å²) in [5.41, 5.74) is 1.72. The molecule has 3 rings (SSSR count). The molecule has 0 saturated carbocycles. The van der Waals surface area contributed by atoms with E-state index in [-0.39, 0.29) is 5.75 Å². The number of piperazine rings is 1. The van der Waals surface area contributed by atoms with Crippen LogP contribution in [-0.2, 0) is 15.8 Å². The van der Waals surface area contributed by atoms with Crippen LogP contribution < -0.4 is 5.32 Å². The Morgan fingerprint density at radius 3 is 2.45 bits per heavy atom. The zero-order chi connectivity index (χ0) is 22.3. The van der Waals surface area contributed by atoms with Crippen molar-refractivity contribution in [3.8, 4) is 0 Å². The molecule has 0 bridgehead atoms. The Bertz CT molecular complexity index is 921. The molecule has 0 spiro atoms. The van der Waals surface area contributed by atoms with E-state index in [0.717, 1.165) is 12.5 Å². The monoisotopic (exact) mass is 447 g/mol. The molecule has 9 heteroatoms. The maximum Gasteiger partial charge on any atom is 0.220 e. The van der Waals surface area contributed by atoms with Gasteiger partial charge in [0, 0.05) is 51.3 Å². The number of sulfonamides is 1. The third-order valence-corrected chi connectivity index (χ3v) is 7.37. The summed E-state index contributed by atoms with van der Waals surface area (Å²) in [5.74, 6) is 1.51. The molecule has 1 aliphatic rings. The van der Waals surface area contributed by atoms with E-state index in [1.165, 1.54) is 16.1 Å². The Labute approximate surface area is 185 Å². The molecule has 1 aromatic heterocycles. The molecular formula is C22H33N5O3S. The molecule has 1 atom stereocenters. The smallest absolute Gasteiger partial charge is 0.220 e. The summed E-state index contributed by atoms with van der Waals surface area (Å²) >= 11 is 0. The summed E-state index contributed by atoms with van der Waals surface area (Å²) in [7, 11) is -3.42. The van der Waals surface area contributed by atoms with E-state index in [2.05, 4.69) is 53.5 Å². The van der Waals surface area contributed by atoms with E-state index < -0.39 is 10.0 Å². The second-order valence-corrected chi connectivity index (χ2v) is 10.1. The Morgan fingerprint density at radius 1 is 1.16 bits per heavy atom. The topological polar surface area (TPSA) is 91.0 Å². The fourth-order valence-corrected chi connectivity index (χ4v) is 5.21. The number of aromatic nitrogens is 1. The SMILES string of the molecule is CCNC(=NCC(c1ccccc1)C(C)C)N1CCN(S(=O)(=O)Cc2ccon2)CC1. The predicted molar refractivity (Wildman–Crippen MR) is 122 cm³/mol. The van der Waals surface area contributed by atoms with Gasteiger partial charge in [-0.2, -0.15) is 4.31 Å². The lowest BCUT2D eigenvalue weighted by Gasteiger charge is -2.36. The van der Waals surface area contributed by atoms with Crippen molar-refractivity contribution in [1.82, 2.24) is 19.7 Å². The maximum absolute atomic E-state index is 12.7. The van der Waals surface area contributed by atoms with Gasteiger partial charge in [0.1, 0.15) is 12.0 Å².